The predicted molar refractivity (Wildman–Crippen MR) is 68.3 cm³/mol. The van der Waals surface area contributed by atoms with Crippen LogP contribution in [-0.2, 0) is 7.05 Å². The van der Waals surface area contributed by atoms with Crippen molar-refractivity contribution in [1.29, 1.82) is 0 Å². The third kappa shape index (κ3) is 2.70. The number of halogens is 1. The molecule has 0 bridgehead atoms. The second kappa shape index (κ2) is 5.05. The molecule has 0 aliphatic carbocycles. The zero-order valence-corrected chi connectivity index (χ0v) is 10.5. The van der Waals surface area contributed by atoms with Gasteiger partial charge in [0.2, 0.25) is 0 Å². The Balaban J connectivity index is 2.29. The Kier molecular flexibility index (Phi) is 3.46. The lowest BCUT2D eigenvalue weighted by molar-refractivity contribution is -0.384. The highest BCUT2D eigenvalue weighted by atomic mass is 19.1. The molecule has 1 heterocycles. The van der Waals surface area contributed by atoms with Crippen LogP contribution in [-0.4, -0.2) is 14.5 Å². The van der Waals surface area contributed by atoms with Crippen LogP contribution in [0, 0.1) is 15.9 Å². The van der Waals surface area contributed by atoms with Gasteiger partial charge in [-0.15, -0.1) is 0 Å². The maximum Gasteiger partial charge on any atom is 0.295 e. The first-order valence-electron chi connectivity index (χ1n) is 5.66. The molecule has 1 aromatic carbocycles. The molecule has 0 spiro atoms. The Hall–Kier alpha value is -2.44. The number of imidazole rings is 1. The fourth-order valence-electron chi connectivity index (χ4n) is 1.87. The van der Waals surface area contributed by atoms with Crippen LogP contribution in [0.2, 0.25) is 0 Å². The maximum atomic E-state index is 13.0. The monoisotopic (exact) mass is 264 g/mol. The van der Waals surface area contributed by atoms with E-state index in [-0.39, 0.29) is 17.4 Å². The van der Waals surface area contributed by atoms with Gasteiger partial charge in [0, 0.05) is 19.4 Å². The van der Waals surface area contributed by atoms with Gasteiger partial charge in [-0.05, 0) is 19.1 Å². The second-order valence-electron chi connectivity index (χ2n) is 4.18. The molecule has 0 saturated heterocycles. The summed E-state index contributed by atoms with van der Waals surface area (Å²) in [5, 5.41) is 13.9. The molecule has 0 aliphatic heterocycles. The van der Waals surface area contributed by atoms with Crippen LogP contribution in [0.25, 0.3) is 0 Å². The number of hydrogen-bond acceptors (Lipinski definition) is 4. The van der Waals surface area contributed by atoms with Gasteiger partial charge in [0.05, 0.1) is 17.0 Å². The third-order valence-corrected chi connectivity index (χ3v) is 2.77. The molecule has 6 nitrogen and oxygen atoms in total. The lowest BCUT2D eigenvalue weighted by Gasteiger charge is -2.15. The van der Waals surface area contributed by atoms with E-state index in [4.69, 9.17) is 0 Å². The Bertz CT molecular complexity index is 612. The van der Waals surface area contributed by atoms with Crippen molar-refractivity contribution in [3.63, 3.8) is 0 Å². The Morgan fingerprint density at radius 2 is 2.26 bits per heavy atom. The molecule has 100 valence electrons. The average molecular weight is 264 g/mol. The van der Waals surface area contributed by atoms with Crippen LogP contribution >= 0.6 is 0 Å². The number of aryl methyl sites for hydroxylation is 1. The maximum absolute atomic E-state index is 13.0. The summed E-state index contributed by atoms with van der Waals surface area (Å²) >= 11 is 0. The van der Waals surface area contributed by atoms with Crippen molar-refractivity contribution < 1.29 is 9.31 Å². The highest BCUT2D eigenvalue weighted by molar-refractivity contribution is 5.62. The summed E-state index contributed by atoms with van der Waals surface area (Å²) < 4.78 is 14.8. The SMILES string of the molecule is CC(Nc1ccc(F)cc1[N+](=O)[O-])c1nccn1C. The molecule has 19 heavy (non-hydrogen) atoms. The van der Waals surface area contributed by atoms with Gasteiger partial charge in [0.1, 0.15) is 17.3 Å². The molecule has 1 N–H and O–H groups in total. The largest absolute Gasteiger partial charge is 0.370 e. The number of anilines is 1. The second-order valence-corrected chi connectivity index (χ2v) is 4.18. The van der Waals surface area contributed by atoms with E-state index < -0.39 is 10.7 Å². The Morgan fingerprint density at radius 1 is 1.53 bits per heavy atom. The highest BCUT2D eigenvalue weighted by Gasteiger charge is 2.18. The van der Waals surface area contributed by atoms with Gasteiger partial charge in [-0.1, -0.05) is 0 Å². The first kappa shape index (κ1) is 13.0. The van der Waals surface area contributed by atoms with Crippen LogP contribution in [0.4, 0.5) is 15.8 Å². The van der Waals surface area contributed by atoms with Gasteiger partial charge in [0.15, 0.2) is 0 Å². The van der Waals surface area contributed by atoms with E-state index in [0.717, 1.165) is 11.9 Å². The van der Waals surface area contributed by atoms with Gasteiger partial charge < -0.3 is 9.88 Å². The molecule has 0 amide bonds. The van der Waals surface area contributed by atoms with Gasteiger partial charge in [0.25, 0.3) is 5.69 Å². The van der Waals surface area contributed by atoms with Gasteiger partial charge >= 0.3 is 0 Å². The first-order valence-corrected chi connectivity index (χ1v) is 5.66. The molecular formula is C12H13FN4O2. The van der Waals surface area contributed by atoms with E-state index in [2.05, 4.69) is 10.3 Å². The lowest BCUT2D eigenvalue weighted by Crippen LogP contribution is -2.13. The van der Waals surface area contributed by atoms with Crippen molar-refractivity contribution in [2.45, 2.75) is 13.0 Å². The van der Waals surface area contributed by atoms with Gasteiger partial charge in [-0.2, -0.15) is 0 Å². The number of nitro benzene ring substituents is 1. The number of benzene rings is 1. The summed E-state index contributed by atoms with van der Waals surface area (Å²) in [6, 6.07) is 3.20. The zero-order valence-electron chi connectivity index (χ0n) is 10.5. The van der Waals surface area contributed by atoms with Crippen molar-refractivity contribution in [3.8, 4) is 0 Å². The molecule has 1 aromatic heterocycles. The molecule has 2 rings (SSSR count). The third-order valence-electron chi connectivity index (χ3n) is 2.77. The fraction of sp³-hybridized carbons (Fsp3) is 0.250. The summed E-state index contributed by atoms with van der Waals surface area (Å²) in [6.45, 7) is 1.83. The van der Waals surface area contributed by atoms with Crippen LogP contribution in [0.1, 0.15) is 18.8 Å². The molecule has 2 aromatic rings. The Labute approximate surface area is 109 Å². The quantitative estimate of drug-likeness (QED) is 0.680. The van der Waals surface area contributed by atoms with Crippen molar-refractivity contribution in [2.24, 2.45) is 7.05 Å². The topological polar surface area (TPSA) is 73.0 Å². The zero-order chi connectivity index (χ0) is 14.0. The predicted octanol–water partition coefficient (Wildman–Crippen LogP) is 2.64. The van der Waals surface area contributed by atoms with Crippen molar-refractivity contribution in [3.05, 3.63) is 52.3 Å². The summed E-state index contributed by atoms with van der Waals surface area (Å²) in [4.78, 5) is 14.4. The van der Waals surface area contributed by atoms with Gasteiger partial charge in [-0.25, -0.2) is 9.37 Å². The van der Waals surface area contributed by atoms with Crippen LogP contribution in [0.5, 0.6) is 0 Å². The lowest BCUT2D eigenvalue weighted by atomic mass is 10.2. The first-order chi connectivity index (χ1) is 8.99. The highest BCUT2D eigenvalue weighted by Crippen LogP contribution is 2.28. The number of nitro groups is 1. The standard InChI is InChI=1S/C12H13FN4O2/c1-8(12-14-5-6-16(12)2)15-10-4-3-9(13)7-11(10)17(18)19/h3-8,15H,1-2H3. The van der Waals surface area contributed by atoms with E-state index in [1.165, 1.54) is 12.1 Å². The van der Waals surface area contributed by atoms with Crippen LogP contribution in [0.3, 0.4) is 0 Å². The minimum absolute atomic E-state index is 0.232. The molecule has 1 unspecified atom stereocenters. The molecule has 0 radical (unpaired) electrons. The van der Waals surface area contributed by atoms with Crippen molar-refractivity contribution >= 4 is 11.4 Å². The minimum atomic E-state index is -0.637. The Morgan fingerprint density at radius 3 is 2.84 bits per heavy atom. The van der Waals surface area contributed by atoms with Crippen LogP contribution < -0.4 is 5.32 Å². The van der Waals surface area contributed by atoms with E-state index >= 15 is 0 Å². The smallest absolute Gasteiger partial charge is 0.295 e. The summed E-state index contributed by atoms with van der Waals surface area (Å²) in [5.41, 5.74) is -0.0250. The fourth-order valence-corrected chi connectivity index (χ4v) is 1.87. The number of rotatable bonds is 4. The summed E-state index contributed by atoms with van der Waals surface area (Å²) in [5.74, 6) is 0.0977. The number of aromatic nitrogens is 2. The van der Waals surface area contributed by atoms with E-state index in [9.17, 15) is 14.5 Å². The van der Waals surface area contributed by atoms with Crippen LogP contribution in [0.15, 0.2) is 30.6 Å². The summed E-state index contributed by atoms with van der Waals surface area (Å²) in [6.07, 6.45) is 3.43. The van der Waals surface area contributed by atoms with E-state index in [1.807, 2.05) is 18.5 Å². The number of nitrogens with zero attached hydrogens (tertiary/aromatic N) is 3. The van der Waals surface area contributed by atoms with Gasteiger partial charge in [-0.3, -0.25) is 10.1 Å². The molecule has 7 heteroatoms. The normalized spacial score (nSPS) is 12.2. The van der Waals surface area contributed by atoms with Crippen molar-refractivity contribution in [2.75, 3.05) is 5.32 Å². The molecular weight excluding hydrogens is 251 g/mol. The molecule has 1 atom stereocenters. The molecule has 0 saturated carbocycles. The minimum Gasteiger partial charge on any atom is -0.370 e. The number of nitrogens with one attached hydrogen (secondary N) is 1. The van der Waals surface area contributed by atoms with Crippen molar-refractivity contribution in [1.82, 2.24) is 9.55 Å². The number of hydrogen-bond donors (Lipinski definition) is 1. The molecule has 0 fully saturated rings. The van der Waals surface area contributed by atoms with E-state index in [1.54, 1.807) is 12.4 Å². The molecule has 0 aliphatic rings. The summed E-state index contributed by atoms with van der Waals surface area (Å²) in [7, 11) is 1.83. The average Bonchev–Trinajstić information content (AvgIpc) is 2.77. The van der Waals surface area contributed by atoms with E-state index in [0.29, 0.717) is 0 Å².